The summed E-state index contributed by atoms with van der Waals surface area (Å²) in [7, 11) is -3.50. The second-order valence-electron chi connectivity index (χ2n) is 11.9. The Morgan fingerprint density at radius 3 is 2.62 bits per heavy atom. The van der Waals surface area contributed by atoms with Crippen molar-refractivity contribution in [3.8, 4) is 5.75 Å². The molecule has 4 rings (SSSR count). The van der Waals surface area contributed by atoms with Crippen LogP contribution >= 0.6 is 15.9 Å². The Morgan fingerprint density at radius 2 is 1.90 bits per heavy atom. The molecule has 0 radical (unpaired) electrons. The Balaban J connectivity index is 1.56. The van der Waals surface area contributed by atoms with Crippen LogP contribution < -0.4 is 10.1 Å². The summed E-state index contributed by atoms with van der Waals surface area (Å²) in [5.74, 6) is 0.0367. The van der Waals surface area contributed by atoms with Gasteiger partial charge in [-0.15, -0.1) is 0 Å². The number of nitrogens with zero attached hydrogens (tertiary/aromatic N) is 1. The number of carbonyl (C=O) groups is 2. The molecule has 1 saturated heterocycles. The molecule has 2 bridgehead atoms. The summed E-state index contributed by atoms with van der Waals surface area (Å²) in [5.41, 5.74) is 0.801. The number of amides is 2. The molecule has 0 aromatic heterocycles. The standard InChI is InChI=1S/C30H39BrN2O6S/c1-30(2,3)17-28(34)32-27-9-4-5-14-40(36,37)26-8-6-7-24(16-26)39-20-23-15-25(18-33(23)29(27)35)38-19-21-10-12-22(31)13-11-21/h6-8,10-13,16,23,25,27H,4-5,9,14-15,17-20H2,1-3H3,(H,32,34)/t23-,25-,27-/m0/s1. The molecule has 0 unspecified atom stereocenters. The summed E-state index contributed by atoms with van der Waals surface area (Å²) < 4.78 is 39.1. The van der Waals surface area contributed by atoms with E-state index in [4.69, 9.17) is 9.47 Å². The van der Waals surface area contributed by atoms with E-state index in [1.165, 1.54) is 0 Å². The van der Waals surface area contributed by atoms with Crippen LogP contribution in [0.2, 0.25) is 0 Å². The maximum Gasteiger partial charge on any atom is 0.245 e. The third kappa shape index (κ3) is 8.54. The van der Waals surface area contributed by atoms with Crippen LogP contribution in [0.4, 0.5) is 0 Å². The molecule has 0 spiro atoms. The van der Waals surface area contributed by atoms with Gasteiger partial charge >= 0.3 is 0 Å². The fourth-order valence-corrected chi connectivity index (χ4v) is 6.78. The number of rotatable bonds is 5. The molecule has 2 aliphatic rings. The minimum atomic E-state index is -3.50. The van der Waals surface area contributed by atoms with E-state index in [9.17, 15) is 18.0 Å². The van der Waals surface area contributed by atoms with E-state index in [1.54, 1.807) is 29.2 Å². The van der Waals surface area contributed by atoms with E-state index in [2.05, 4.69) is 21.2 Å². The monoisotopic (exact) mass is 634 g/mol. The van der Waals surface area contributed by atoms with Crippen LogP contribution in [0.3, 0.4) is 0 Å². The zero-order valence-corrected chi connectivity index (χ0v) is 25.8. The number of halogens is 1. The molecule has 2 aliphatic heterocycles. The predicted octanol–water partition coefficient (Wildman–Crippen LogP) is 4.89. The zero-order chi connectivity index (χ0) is 28.9. The van der Waals surface area contributed by atoms with Gasteiger partial charge in [-0.1, -0.05) is 54.9 Å². The van der Waals surface area contributed by atoms with Gasteiger partial charge in [0.05, 0.1) is 29.4 Å². The predicted molar refractivity (Wildman–Crippen MR) is 157 cm³/mol. The highest BCUT2D eigenvalue weighted by Gasteiger charge is 2.39. The molecule has 218 valence electrons. The lowest BCUT2D eigenvalue weighted by molar-refractivity contribution is -0.138. The summed E-state index contributed by atoms with van der Waals surface area (Å²) in [6.07, 6.45) is 1.89. The molecule has 2 amide bonds. The van der Waals surface area contributed by atoms with Crippen LogP contribution in [0.1, 0.15) is 58.4 Å². The van der Waals surface area contributed by atoms with Crippen LogP contribution in [0.5, 0.6) is 5.75 Å². The van der Waals surface area contributed by atoms with Crippen molar-refractivity contribution < 1.29 is 27.5 Å². The molecule has 10 heteroatoms. The first kappa shape index (κ1) is 30.5. The molecule has 3 atom stereocenters. The fourth-order valence-electron chi connectivity index (χ4n) is 5.11. The summed E-state index contributed by atoms with van der Waals surface area (Å²) in [4.78, 5) is 28.8. The maximum absolute atomic E-state index is 13.9. The number of hydrogen-bond acceptors (Lipinski definition) is 6. The smallest absolute Gasteiger partial charge is 0.245 e. The number of fused-ring (bicyclic) bond motifs is 3. The number of benzene rings is 2. The third-order valence-electron chi connectivity index (χ3n) is 7.15. The van der Waals surface area contributed by atoms with E-state index >= 15 is 0 Å². The summed E-state index contributed by atoms with van der Waals surface area (Å²) in [6, 6.07) is 13.4. The number of carbonyl (C=O) groups excluding carboxylic acids is 2. The normalized spacial score (nSPS) is 23.6. The van der Waals surface area contributed by atoms with Gasteiger partial charge in [-0.05, 0) is 67.0 Å². The van der Waals surface area contributed by atoms with Crippen molar-refractivity contribution in [2.24, 2.45) is 5.41 Å². The minimum absolute atomic E-state index is 0.0361. The van der Waals surface area contributed by atoms with E-state index in [0.717, 1.165) is 10.0 Å². The summed E-state index contributed by atoms with van der Waals surface area (Å²) >= 11 is 3.45. The van der Waals surface area contributed by atoms with E-state index in [0.29, 0.717) is 44.6 Å². The third-order valence-corrected chi connectivity index (χ3v) is 9.47. The number of sulfone groups is 1. The van der Waals surface area contributed by atoms with Crippen LogP contribution in [0.15, 0.2) is 57.9 Å². The van der Waals surface area contributed by atoms with Crippen LogP contribution in [-0.4, -0.2) is 62.2 Å². The van der Waals surface area contributed by atoms with Crippen molar-refractivity contribution in [1.82, 2.24) is 10.2 Å². The number of ether oxygens (including phenoxy) is 2. The molecular weight excluding hydrogens is 596 g/mol. The van der Waals surface area contributed by atoms with Crippen LogP contribution in [-0.2, 0) is 30.8 Å². The highest BCUT2D eigenvalue weighted by Crippen LogP contribution is 2.27. The van der Waals surface area contributed by atoms with Crippen molar-refractivity contribution in [3.63, 3.8) is 0 Å². The van der Waals surface area contributed by atoms with Gasteiger partial charge in [0.15, 0.2) is 9.84 Å². The molecule has 2 aromatic carbocycles. The Hall–Kier alpha value is -2.43. The maximum atomic E-state index is 13.9. The van der Waals surface area contributed by atoms with Gasteiger partial charge in [0.2, 0.25) is 11.8 Å². The zero-order valence-electron chi connectivity index (χ0n) is 23.4. The van der Waals surface area contributed by atoms with Crippen LogP contribution in [0, 0.1) is 5.41 Å². The van der Waals surface area contributed by atoms with Gasteiger partial charge in [-0.25, -0.2) is 8.42 Å². The fraction of sp³-hybridized carbons (Fsp3) is 0.533. The minimum Gasteiger partial charge on any atom is -0.491 e. The summed E-state index contributed by atoms with van der Waals surface area (Å²) in [5, 5.41) is 2.96. The first-order valence-electron chi connectivity index (χ1n) is 13.8. The molecule has 0 aliphatic carbocycles. The second kappa shape index (κ2) is 13.0. The first-order chi connectivity index (χ1) is 18.9. The SMILES string of the molecule is CC(C)(C)CC(=O)N[C@H]1CCCCS(=O)(=O)c2cccc(c2)OC[C@@H]2C[C@H](OCc3ccc(Br)cc3)CN2C1=O. The van der Waals surface area contributed by atoms with Gasteiger partial charge < -0.3 is 19.7 Å². The van der Waals surface area contributed by atoms with E-state index in [1.807, 2.05) is 45.0 Å². The van der Waals surface area contributed by atoms with Gasteiger partial charge in [0.1, 0.15) is 18.4 Å². The molecule has 2 aromatic rings. The second-order valence-corrected chi connectivity index (χ2v) is 14.9. The number of hydrogen-bond donors (Lipinski definition) is 1. The topological polar surface area (TPSA) is 102 Å². The number of nitrogens with one attached hydrogen (secondary N) is 1. The lowest BCUT2D eigenvalue weighted by atomic mass is 9.91. The summed E-state index contributed by atoms with van der Waals surface area (Å²) in [6.45, 7) is 6.92. The van der Waals surface area contributed by atoms with E-state index in [-0.39, 0.29) is 53.1 Å². The lowest BCUT2D eigenvalue weighted by Gasteiger charge is -2.30. The molecule has 0 saturated carbocycles. The van der Waals surface area contributed by atoms with E-state index < -0.39 is 15.9 Å². The van der Waals surface area contributed by atoms with Crippen molar-refractivity contribution >= 4 is 37.6 Å². The van der Waals surface area contributed by atoms with Crippen molar-refractivity contribution in [2.75, 3.05) is 18.9 Å². The quantitative estimate of drug-likeness (QED) is 0.502. The highest BCUT2D eigenvalue weighted by atomic mass is 79.9. The Bertz CT molecular complexity index is 1290. The molecule has 8 nitrogen and oxygen atoms in total. The van der Waals surface area contributed by atoms with Gasteiger partial charge in [-0.3, -0.25) is 9.59 Å². The Kier molecular flexibility index (Phi) is 9.95. The largest absolute Gasteiger partial charge is 0.491 e. The average Bonchev–Trinajstić information content (AvgIpc) is 3.30. The molecule has 40 heavy (non-hydrogen) atoms. The molecule has 1 N–H and O–H groups in total. The highest BCUT2D eigenvalue weighted by molar-refractivity contribution is 9.10. The van der Waals surface area contributed by atoms with Crippen LogP contribution in [0.25, 0.3) is 0 Å². The van der Waals surface area contributed by atoms with Crippen molar-refractivity contribution in [2.45, 2.75) is 82.6 Å². The van der Waals surface area contributed by atoms with Gasteiger partial charge in [-0.2, -0.15) is 0 Å². The van der Waals surface area contributed by atoms with Gasteiger partial charge in [0, 0.05) is 17.4 Å². The molecule has 1 fully saturated rings. The molecule has 2 heterocycles. The van der Waals surface area contributed by atoms with Crippen molar-refractivity contribution in [3.05, 3.63) is 58.6 Å². The lowest BCUT2D eigenvalue weighted by Crippen LogP contribution is -2.51. The Morgan fingerprint density at radius 1 is 1.15 bits per heavy atom. The molecular formula is C30H39BrN2O6S. The first-order valence-corrected chi connectivity index (χ1v) is 16.3. The van der Waals surface area contributed by atoms with Crippen molar-refractivity contribution in [1.29, 1.82) is 0 Å². The van der Waals surface area contributed by atoms with Gasteiger partial charge in [0.25, 0.3) is 0 Å². The Labute approximate surface area is 245 Å². The average molecular weight is 636 g/mol.